The van der Waals surface area contributed by atoms with Crippen LogP contribution >= 0.6 is 15.6 Å². The number of unbranched alkanes of at least 4 members (excludes halogenated alkanes) is 54. The molecule has 0 heterocycles. The molecule has 0 aromatic rings. The maximum atomic E-state index is 13.2. The summed E-state index contributed by atoms with van der Waals surface area (Å²) in [5.74, 6) is 0.291. The first-order valence-corrected chi connectivity index (χ1v) is 48.3. The Labute approximate surface area is 658 Å². The Hall–Kier alpha value is -1.94. The molecule has 0 spiro atoms. The molecule has 2 unspecified atom stereocenters. The lowest BCUT2D eigenvalue weighted by Crippen LogP contribution is -2.30. The molecule has 0 aliphatic heterocycles. The normalized spacial score (nSPS) is 13.8. The number of aliphatic hydroxyl groups excluding tert-OH is 1. The van der Waals surface area contributed by atoms with Gasteiger partial charge in [-0.2, -0.15) is 0 Å². The molecular weight excluding hydrogens is 1390 g/mol. The highest BCUT2D eigenvalue weighted by Crippen LogP contribution is 2.45. The number of carbonyl (C=O) groups is 4. The molecule has 0 fully saturated rings. The second-order valence-corrected chi connectivity index (χ2v) is 36.0. The Morgan fingerprint density at radius 2 is 0.430 bits per heavy atom. The van der Waals surface area contributed by atoms with Crippen LogP contribution in [0.4, 0.5) is 0 Å². The summed E-state index contributed by atoms with van der Waals surface area (Å²) in [6, 6.07) is 0. The highest BCUT2D eigenvalue weighted by molar-refractivity contribution is 7.47. The van der Waals surface area contributed by atoms with Gasteiger partial charge in [-0.1, -0.05) is 414 Å². The molecule has 0 aliphatic rings. The van der Waals surface area contributed by atoms with E-state index in [0.717, 1.165) is 108 Å². The van der Waals surface area contributed by atoms with Crippen molar-refractivity contribution in [3.63, 3.8) is 0 Å². The van der Waals surface area contributed by atoms with Gasteiger partial charge in [0.05, 0.1) is 26.4 Å². The van der Waals surface area contributed by atoms with Crippen molar-refractivity contribution in [1.82, 2.24) is 0 Å². The zero-order valence-corrected chi connectivity index (χ0v) is 72.4. The lowest BCUT2D eigenvalue weighted by molar-refractivity contribution is -0.161. The highest BCUT2D eigenvalue weighted by atomic mass is 31.2. The van der Waals surface area contributed by atoms with Crippen LogP contribution in [0, 0.1) is 17.8 Å². The largest absolute Gasteiger partial charge is 0.472 e. The van der Waals surface area contributed by atoms with E-state index in [9.17, 15) is 43.2 Å². The minimum atomic E-state index is -4.97. The second kappa shape index (κ2) is 78.0. The summed E-state index contributed by atoms with van der Waals surface area (Å²) in [7, 11) is -9.93. The van der Waals surface area contributed by atoms with Crippen molar-refractivity contribution in [2.45, 2.75) is 484 Å². The van der Waals surface area contributed by atoms with Crippen LogP contribution < -0.4 is 0 Å². The number of phosphoric ester groups is 2. The molecule has 19 heteroatoms. The van der Waals surface area contributed by atoms with E-state index < -0.39 is 97.5 Å². The van der Waals surface area contributed by atoms with E-state index in [4.69, 9.17) is 37.0 Å². The molecule has 0 aromatic heterocycles. The van der Waals surface area contributed by atoms with Crippen molar-refractivity contribution < 1.29 is 80.2 Å². The fourth-order valence-electron chi connectivity index (χ4n) is 13.7. The highest BCUT2D eigenvalue weighted by Gasteiger charge is 2.31. The van der Waals surface area contributed by atoms with Gasteiger partial charge in [0.25, 0.3) is 0 Å². The molecule has 0 bridgehead atoms. The summed E-state index contributed by atoms with van der Waals surface area (Å²) in [5, 5.41) is 10.7. The zero-order valence-electron chi connectivity index (χ0n) is 70.6. The van der Waals surface area contributed by atoms with Crippen LogP contribution in [0.3, 0.4) is 0 Å². The molecule has 3 N–H and O–H groups in total. The number of esters is 4. The molecule has 636 valence electrons. The molecule has 0 amide bonds. The van der Waals surface area contributed by atoms with Crippen LogP contribution in [0.1, 0.15) is 466 Å². The lowest BCUT2D eigenvalue weighted by Gasteiger charge is -2.21. The van der Waals surface area contributed by atoms with Gasteiger partial charge in [-0.3, -0.25) is 37.3 Å². The third-order valence-electron chi connectivity index (χ3n) is 20.6. The summed E-state index contributed by atoms with van der Waals surface area (Å²) < 4.78 is 69.0. The molecule has 107 heavy (non-hydrogen) atoms. The number of ether oxygens (including phenoxy) is 4. The second-order valence-electron chi connectivity index (χ2n) is 33.1. The van der Waals surface area contributed by atoms with Crippen molar-refractivity contribution in [2.24, 2.45) is 17.8 Å². The van der Waals surface area contributed by atoms with Crippen LogP contribution in [0.25, 0.3) is 0 Å². The number of phosphoric acid groups is 2. The van der Waals surface area contributed by atoms with Gasteiger partial charge >= 0.3 is 39.5 Å². The molecule has 0 aromatic carbocycles. The Bertz CT molecular complexity index is 2060. The summed E-state index contributed by atoms with van der Waals surface area (Å²) in [5.41, 5.74) is 0. The predicted octanol–water partition coefficient (Wildman–Crippen LogP) is 26.9. The number of aliphatic hydroxyl groups is 1. The average Bonchev–Trinajstić information content (AvgIpc) is 0.903. The topological polar surface area (TPSA) is 237 Å². The standard InChI is InChI=1S/C88H172O17P2/c1-8-9-10-11-12-13-14-15-28-34-43-50-57-64-71-87(92)105-84(76-99-86(91)70-63-56-49-42-37-36-40-47-54-61-68-81(6)7)78-103-107(96,97)101-74-82(89)73-100-106(94,95)102-77-83(75-98-85(90)69-62-55-48-41-33-29-24-21-20-23-27-32-39-46-53-60-67-80(4)5)104-88(93)72-65-58-51-44-35-30-25-19-17-16-18-22-26-31-38-45-52-59-66-79(2)3/h79-84,89H,8-78H2,1-7H3,(H,94,95)(H,96,97)/t82-,83-,84-/m1/s1. The van der Waals surface area contributed by atoms with Crippen molar-refractivity contribution >= 4 is 39.5 Å². The van der Waals surface area contributed by atoms with Gasteiger partial charge in [0.15, 0.2) is 12.2 Å². The summed E-state index contributed by atoms with van der Waals surface area (Å²) in [6.45, 7) is 12.1. The Morgan fingerprint density at radius 3 is 0.636 bits per heavy atom. The molecular formula is C88H172O17P2. The zero-order chi connectivity index (χ0) is 78.6. The predicted molar refractivity (Wildman–Crippen MR) is 441 cm³/mol. The van der Waals surface area contributed by atoms with Gasteiger partial charge in [0.1, 0.15) is 19.3 Å². The van der Waals surface area contributed by atoms with Crippen molar-refractivity contribution in [3.8, 4) is 0 Å². The minimum Gasteiger partial charge on any atom is -0.462 e. The Morgan fingerprint density at radius 1 is 0.252 bits per heavy atom. The van der Waals surface area contributed by atoms with Crippen LogP contribution in [0.5, 0.6) is 0 Å². The van der Waals surface area contributed by atoms with E-state index in [1.165, 1.54) is 276 Å². The van der Waals surface area contributed by atoms with Gasteiger partial charge < -0.3 is 33.8 Å². The van der Waals surface area contributed by atoms with Crippen molar-refractivity contribution in [1.29, 1.82) is 0 Å². The van der Waals surface area contributed by atoms with Crippen LogP contribution in [-0.4, -0.2) is 96.7 Å². The SMILES string of the molecule is CCCCCCCCCCCCCCCCC(=O)O[C@H](COC(=O)CCCCCCCCCCCCC(C)C)COP(=O)(O)OC[C@H](O)COP(=O)(O)OC[C@@H](COC(=O)CCCCCCCCCCCCCCCCCCC(C)C)OC(=O)CCCCCCCCCCCCCCCCCCCCC(C)C. The fraction of sp³-hybridized carbons (Fsp3) is 0.955. The van der Waals surface area contributed by atoms with E-state index in [2.05, 4.69) is 48.5 Å². The van der Waals surface area contributed by atoms with Crippen molar-refractivity contribution in [2.75, 3.05) is 39.6 Å². The lowest BCUT2D eigenvalue weighted by atomic mass is 10.0. The minimum absolute atomic E-state index is 0.108. The third-order valence-corrected chi connectivity index (χ3v) is 22.5. The first kappa shape index (κ1) is 105. The maximum Gasteiger partial charge on any atom is 0.472 e. The van der Waals surface area contributed by atoms with Gasteiger partial charge in [-0.05, 0) is 43.4 Å². The number of hydrogen-bond acceptors (Lipinski definition) is 15. The van der Waals surface area contributed by atoms with E-state index in [1.54, 1.807) is 0 Å². The van der Waals surface area contributed by atoms with Crippen molar-refractivity contribution in [3.05, 3.63) is 0 Å². The fourth-order valence-corrected chi connectivity index (χ4v) is 15.3. The van der Waals surface area contributed by atoms with E-state index in [1.807, 2.05) is 0 Å². The first-order chi connectivity index (χ1) is 51.7. The quantitative estimate of drug-likeness (QED) is 0.0222. The van der Waals surface area contributed by atoms with Gasteiger partial charge in [0, 0.05) is 25.7 Å². The monoisotopic (exact) mass is 1560 g/mol. The average molecular weight is 1560 g/mol. The molecule has 0 aliphatic carbocycles. The maximum absolute atomic E-state index is 13.2. The van der Waals surface area contributed by atoms with Gasteiger partial charge in [-0.15, -0.1) is 0 Å². The van der Waals surface area contributed by atoms with Crippen LogP contribution in [-0.2, 0) is 65.4 Å². The van der Waals surface area contributed by atoms with Crippen LogP contribution in [0.2, 0.25) is 0 Å². The molecule has 0 radical (unpaired) electrons. The van der Waals surface area contributed by atoms with Gasteiger partial charge in [-0.25, -0.2) is 9.13 Å². The van der Waals surface area contributed by atoms with E-state index in [-0.39, 0.29) is 25.7 Å². The number of hydrogen-bond donors (Lipinski definition) is 3. The van der Waals surface area contributed by atoms with Gasteiger partial charge in [0.2, 0.25) is 0 Å². The Kier molecular flexibility index (Phi) is 76.6. The molecule has 0 saturated heterocycles. The number of rotatable bonds is 86. The molecule has 0 saturated carbocycles. The smallest absolute Gasteiger partial charge is 0.462 e. The molecule has 17 nitrogen and oxygen atoms in total. The summed E-state index contributed by atoms with van der Waals surface area (Å²) in [6.07, 6.45) is 69.4. The Balaban J connectivity index is 5.25. The van der Waals surface area contributed by atoms with E-state index in [0.29, 0.717) is 25.7 Å². The molecule has 5 atom stereocenters. The van der Waals surface area contributed by atoms with E-state index >= 15 is 0 Å². The number of carbonyl (C=O) groups excluding carboxylic acids is 4. The third kappa shape index (κ3) is 81.9. The first-order valence-electron chi connectivity index (χ1n) is 45.3. The summed E-state index contributed by atoms with van der Waals surface area (Å²) >= 11 is 0. The molecule has 0 rings (SSSR count). The summed E-state index contributed by atoms with van der Waals surface area (Å²) in [4.78, 5) is 73.3. The van der Waals surface area contributed by atoms with Crippen LogP contribution in [0.15, 0.2) is 0 Å².